The lowest BCUT2D eigenvalue weighted by Gasteiger charge is -2.23. The van der Waals surface area contributed by atoms with Crippen molar-refractivity contribution in [1.29, 1.82) is 0 Å². The van der Waals surface area contributed by atoms with Gasteiger partial charge in [-0.1, -0.05) is 12.1 Å². The molecule has 1 fully saturated rings. The molecule has 0 spiro atoms. The first-order valence-corrected chi connectivity index (χ1v) is 5.70. The summed E-state index contributed by atoms with van der Waals surface area (Å²) in [5.74, 6) is 0. The van der Waals surface area contributed by atoms with Crippen molar-refractivity contribution in [2.45, 2.75) is 25.8 Å². The summed E-state index contributed by atoms with van der Waals surface area (Å²) in [6, 6.07) is 7.12. The van der Waals surface area contributed by atoms with E-state index >= 15 is 0 Å². The molecule has 1 aromatic carbocycles. The van der Waals surface area contributed by atoms with Crippen molar-refractivity contribution in [1.82, 2.24) is 5.32 Å². The van der Waals surface area contributed by atoms with E-state index in [4.69, 9.17) is 0 Å². The summed E-state index contributed by atoms with van der Waals surface area (Å²) in [7, 11) is 4.24. The van der Waals surface area contributed by atoms with Crippen molar-refractivity contribution in [2.75, 3.05) is 25.5 Å². The smallest absolute Gasteiger partial charge is 0.0412 e. The minimum atomic E-state index is 0.559. The van der Waals surface area contributed by atoms with E-state index in [-0.39, 0.29) is 0 Å². The Morgan fingerprint density at radius 3 is 2.73 bits per heavy atom. The second kappa shape index (κ2) is 4.23. The summed E-state index contributed by atoms with van der Waals surface area (Å²) in [4.78, 5) is 2.21. The van der Waals surface area contributed by atoms with Crippen LogP contribution >= 0.6 is 0 Å². The summed E-state index contributed by atoms with van der Waals surface area (Å²) in [6.45, 7) is 3.37. The van der Waals surface area contributed by atoms with Crippen molar-refractivity contribution in [3.63, 3.8) is 0 Å². The molecule has 2 heteroatoms. The minimum absolute atomic E-state index is 0.559. The highest BCUT2D eigenvalue weighted by Crippen LogP contribution is 2.33. The first-order valence-electron chi connectivity index (χ1n) is 5.70. The van der Waals surface area contributed by atoms with Gasteiger partial charge in [-0.3, -0.25) is 0 Å². The van der Waals surface area contributed by atoms with Crippen LogP contribution in [0.25, 0.3) is 0 Å². The van der Waals surface area contributed by atoms with E-state index in [0.29, 0.717) is 6.04 Å². The monoisotopic (exact) mass is 204 g/mol. The van der Waals surface area contributed by atoms with Gasteiger partial charge in [0, 0.05) is 25.8 Å². The van der Waals surface area contributed by atoms with E-state index in [1.807, 2.05) is 0 Å². The van der Waals surface area contributed by atoms with Crippen LogP contribution in [0.2, 0.25) is 0 Å². The summed E-state index contributed by atoms with van der Waals surface area (Å²) in [5.41, 5.74) is 4.25. The van der Waals surface area contributed by atoms with Gasteiger partial charge in [0.1, 0.15) is 0 Å². The van der Waals surface area contributed by atoms with E-state index in [2.05, 4.69) is 49.4 Å². The Morgan fingerprint density at radius 1 is 1.33 bits per heavy atom. The zero-order valence-corrected chi connectivity index (χ0v) is 9.88. The molecule has 1 aliphatic heterocycles. The fourth-order valence-corrected chi connectivity index (χ4v) is 2.44. The van der Waals surface area contributed by atoms with Crippen LogP contribution in [-0.4, -0.2) is 20.6 Å². The number of hydrogen-bond donors (Lipinski definition) is 1. The molecule has 15 heavy (non-hydrogen) atoms. The minimum Gasteiger partial charge on any atom is -0.377 e. The van der Waals surface area contributed by atoms with Crippen LogP contribution in [-0.2, 0) is 0 Å². The molecule has 2 nitrogen and oxygen atoms in total. The van der Waals surface area contributed by atoms with Crippen LogP contribution in [0, 0.1) is 6.92 Å². The molecular weight excluding hydrogens is 184 g/mol. The fraction of sp³-hybridized carbons (Fsp3) is 0.538. The standard InChI is InChI=1S/C13H20N2/c1-10-6-4-8-12(15(2)3)13(10)11-7-5-9-14-11/h4,6,8,11,14H,5,7,9H2,1-3H3. The van der Waals surface area contributed by atoms with Gasteiger partial charge in [0.05, 0.1) is 0 Å². The summed E-state index contributed by atoms with van der Waals surface area (Å²) in [6.07, 6.45) is 2.57. The van der Waals surface area contributed by atoms with Crippen LogP contribution in [0.15, 0.2) is 18.2 Å². The van der Waals surface area contributed by atoms with Crippen molar-refractivity contribution in [3.8, 4) is 0 Å². The summed E-state index contributed by atoms with van der Waals surface area (Å²) >= 11 is 0. The lowest BCUT2D eigenvalue weighted by molar-refractivity contribution is 0.643. The van der Waals surface area contributed by atoms with Gasteiger partial charge >= 0.3 is 0 Å². The Labute approximate surface area is 92.3 Å². The third kappa shape index (κ3) is 2.00. The molecule has 0 radical (unpaired) electrons. The second-order valence-electron chi connectivity index (χ2n) is 4.55. The van der Waals surface area contributed by atoms with Crippen LogP contribution < -0.4 is 10.2 Å². The van der Waals surface area contributed by atoms with Gasteiger partial charge in [0.25, 0.3) is 0 Å². The molecule has 1 unspecified atom stereocenters. The number of anilines is 1. The van der Waals surface area contributed by atoms with Gasteiger partial charge in [-0.15, -0.1) is 0 Å². The maximum Gasteiger partial charge on any atom is 0.0412 e. The zero-order chi connectivity index (χ0) is 10.8. The van der Waals surface area contributed by atoms with E-state index in [1.54, 1.807) is 0 Å². The van der Waals surface area contributed by atoms with Crippen molar-refractivity contribution >= 4 is 5.69 Å². The SMILES string of the molecule is Cc1cccc(N(C)C)c1C1CCCN1. The summed E-state index contributed by atoms with van der Waals surface area (Å²) < 4.78 is 0. The van der Waals surface area contributed by atoms with Gasteiger partial charge in [-0.25, -0.2) is 0 Å². The van der Waals surface area contributed by atoms with E-state index in [0.717, 1.165) is 6.54 Å². The first kappa shape index (κ1) is 10.5. The predicted octanol–water partition coefficient (Wildman–Crippen LogP) is 2.49. The number of hydrogen-bond acceptors (Lipinski definition) is 2. The molecule has 0 saturated carbocycles. The van der Waals surface area contributed by atoms with E-state index < -0.39 is 0 Å². The van der Waals surface area contributed by atoms with E-state index in [1.165, 1.54) is 29.7 Å². The summed E-state index contributed by atoms with van der Waals surface area (Å²) in [5, 5.41) is 3.58. The molecule has 0 bridgehead atoms. The van der Waals surface area contributed by atoms with Gasteiger partial charge in [-0.2, -0.15) is 0 Å². The predicted molar refractivity (Wildman–Crippen MR) is 65.5 cm³/mol. The van der Waals surface area contributed by atoms with Crippen LogP contribution in [0.3, 0.4) is 0 Å². The molecule has 0 amide bonds. The van der Waals surface area contributed by atoms with Crippen LogP contribution in [0.4, 0.5) is 5.69 Å². The fourth-order valence-electron chi connectivity index (χ4n) is 2.44. The lowest BCUT2D eigenvalue weighted by Crippen LogP contribution is -2.19. The molecule has 1 heterocycles. The highest BCUT2D eigenvalue weighted by Gasteiger charge is 2.21. The number of aryl methyl sites for hydroxylation is 1. The Kier molecular flexibility index (Phi) is 2.96. The van der Waals surface area contributed by atoms with Gasteiger partial charge in [0.2, 0.25) is 0 Å². The van der Waals surface area contributed by atoms with Crippen molar-refractivity contribution in [3.05, 3.63) is 29.3 Å². The normalized spacial score (nSPS) is 20.6. The maximum absolute atomic E-state index is 3.58. The molecular formula is C13H20N2. The Hall–Kier alpha value is -1.02. The molecule has 1 aliphatic rings. The molecule has 0 aromatic heterocycles. The maximum atomic E-state index is 3.58. The Bertz CT molecular complexity index is 338. The quantitative estimate of drug-likeness (QED) is 0.796. The zero-order valence-electron chi connectivity index (χ0n) is 9.88. The lowest BCUT2D eigenvalue weighted by atomic mass is 9.97. The van der Waals surface area contributed by atoms with Gasteiger partial charge < -0.3 is 10.2 Å². The topological polar surface area (TPSA) is 15.3 Å². The third-order valence-electron chi connectivity index (χ3n) is 3.19. The molecule has 0 aliphatic carbocycles. The highest BCUT2D eigenvalue weighted by atomic mass is 15.1. The molecule has 1 atom stereocenters. The molecule has 1 saturated heterocycles. The first-order chi connectivity index (χ1) is 7.20. The largest absolute Gasteiger partial charge is 0.377 e. The Balaban J connectivity index is 2.41. The van der Waals surface area contributed by atoms with E-state index in [9.17, 15) is 0 Å². The van der Waals surface area contributed by atoms with Crippen LogP contribution in [0.5, 0.6) is 0 Å². The molecule has 82 valence electrons. The van der Waals surface area contributed by atoms with Crippen LogP contribution in [0.1, 0.15) is 30.0 Å². The van der Waals surface area contributed by atoms with Crippen molar-refractivity contribution in [2.24, 2.45) is 0 Å². The Morgan fingerprint density at radius 2 is 2.13 bits per heavy atom. The average Bonchev–Trinajstić information content (AvgIpc) is 2.70. The number of benzene rings is 1. The van der Waals surface area contributed by atoms with Gasteiger partial charge in [-0.05, 0) is 43.5 Å². The molecule has 1 N–H and O–H groups in total. The number of nitrogens with one attached hydrogen (secondary N) is 1. The molecule has 2 rings (SSSR count). The number of rotatable bonds is 2. The molecule has 1 aromatic rings. The average molecular weight is 204 g/mol. The highest BCUT2D eigenvalue weighted by molar-refractivity contribution is 5.57. The third-order valence-corrected chi connectivity index (χ3v) is 3.19. The van der Waals surface area contributed by atoms with Gasteiger partial charge in [0.15, 0.2) is 0 Å². The van der Waals surface area contributed by atoms with Crippen molar-refractivity contribution < 1.29 is 0 Å². The second-order valence-corrected chi connectivity index (χ2v) is 4.55. The number of nitrogens with zero attached hydrogens (tertiary/aromatic N) is 1.